The van der Waals surface area contributed by atoms with Crippen LogP contribution in [0.4, 0.5) is 5.82 Å². The normalized spacial score (nSPS) is 21.2. The second kappa shape index (κ2) is 7.71. The second-order valence-electron chi connectivity index (χ2n) is 6.00. The van der Waals surface area contributed by atoms with Crippen molar-refractivity contribution in [3.8, 4) is 0 Å². The minimum Gasteiger partial charge on any atom is -0.370 e. The van der Waals surface area contributed by atoms with E-state index >= 15 is 0 Å². The zero-order valence-corrected chi connectivity index (χ0v) is 13.9. The van der Waals surface area contributed by atoms with Crippen molar-refractivity contribution < 1.29 is 0 Å². The van der Waals surface area contributed by atoms with Crippen LogP contribution in [0.25, 0.3) is 0 Å². The standard InChI is InChI=1S/C16H29N5/c1-5-8-17-15-11-13(6-2)18-16(19-15)14-12-20(3)9-7-10-21(14)4/h11,14H,5-10,12H2,1-4H3,(H,17,18,19). The van der Waals surface area contributed by atoms with Crippen LogP contribution in [0.2, 0.25) is 0 Å². The first kappa shape index (κ1) is 16.2. The largest absolute Gasteiger partial charge is 0.370 e. The molecular formula is C16H29N5. The zero-order valence-electron chi connectivity index (χ0n) is 13.9. The number of nitrogens with zero attached hydrogens (tertiary/aromatic N) is 4. The fraction of sp³-hybridized carbons (Fsp3) is 0.750. The molecular weight excluding hydrogens is 262 g/mol. The van der Waals surface area contributed by atoms with Gasteiger partial charge >= 0.3 is 0 Å². The van der Waals surface area contributed by atoms with E-state index in [1.54, 1.807) is 0 Å². The Morgan fingerprint density at radius 1 is 1.24 bits per heavy atom. The van der Waals surface area contributed by atoms with Crippen molar-refractivity contribution in [2.75, 3.05) is 45.6 Å². The van der Waals surface area contributed by atoms with Crippen LogP contribution in [0.1, 0.15) is 44.2 Å². The number of aryl methyl sites for hydroxylation is 1. The molecule has 21 heavy (non-hydrogen) atoms. The molecule has 1 N–H and O–H groups in total. The first-order valence-electron chi connectivity index (χ1n) is 8.14. The Morgan fingerprint density at radius 2 is 2.05 bits per heavy atom. The van der Waals surface area contributed by atoms with E-state index in [1.165, 1.54) is 6.42 Å². The highest BCUT2D eigenvalue weighted by molar-refractivity contribution is 5.36. The highest BCUT2D eigenvalue weighted by Gasteiger charge is 2.25. The molecule has 2 rings (SSSR count). The average molecular weight is 291 g/mol. The number of likely N-dealkylation sites (N-methyl/N-ethyl adjacent to an activating group) is 2. The van der Waals surface area contributed by atoms with Crippen molar-refractivity contribution in [1.29, 1.82) is 0 Å². The molecule has 118 valence electrons. The summed E-state index contributed by atoms with van der Waals surface area (Å²) in [5, 5.41) is 3.41. The van der Waals surface area contributed by atoms with Gasteiger partial charge in [0, 0.05) is 24.8 Å². The topological polar surface area (TPSA) is 44.3 Å². The lowest BCUT2D eigenvalue weighted by molar-refractivity contribution is 0.219. The third-order valence-corrected chi connectivity index (χ3v) is 4.08. The second-order valence-corrected chi connectivity index (χ2v) is 6.00. The van der Waals surface area contributed by atoms with Crippen molar-refractivity contribution in [3.05, 3.63) is 17.6 Å². The summed E-state index contributed by atoms with van der Waals surface area (Å²) in [6, 6.07) is 2.37. The molecule has 1 aromatic heterocycles. The predicted molar refractivity (Wildman–Crippen MR) is 87.7 cm³/mol. The smallest absolute Gasteiger partial charge is 0.149 e. The minimum absolute atomic E-state index is 0.283. The van der Waals surface area contributed by atoms with Crippen molar-refractivity contribution in [1.82, 2.24) is 19.8 Å². The van der Waals surface area contributed by atoms with Gasteiger partial charge in [-0.1, -0.05) is 13.8 Å². The van der Waals surface area contributed by atoms with E-state index in [4.69, 9.17) is 9.97 Å². The van der Waals surface area contributed by atoms with Gasteiger partial charge in [-0.05, 0) is 46.4 Å². The lowest BCUT2D eigenvalue weighted by Crippen LogP contribution is -2.32. The van der Waals surface area contributed by atoms with Crippen molar-refractivity contribution in [2.45, 2.75) is 39.2 Å². The molecule has 1 atom stereocenters. The maximum atomic E-state index is 4.79. The maximum absolute atomic E-state index is 4.79. The van der Waals surface area contributed by atoms with E-state index in [9.17, 15) is 0 Å². The third kappa shape index (κ3) is 4.38. The minimum atomic E-state index is 0.283. The van der Waals surface area contributed by atoms with Crippen LogP contribution in [0.15, 0.2) is 6.07 Å². The molecule has 0 aliphatic carbocycles. The molecule has 1 fully saturated rings. The van der Waals surface area contributed by atoms with Gasteiger partial charge in [0.15, 0.2) is 0 Å². The lowest BCUT2D eigenvalue weighted by Gasteiger charge is -2.26. The Morgan fingerprint density at radius 3 is 2.76 bits per heavy atom. The van der Waals surface area contributed by atoms with Gasteiger partial charge in [-0.25, -0.2) is 9.97 Å². The highest BCUT2D eigenvalue weighted by atomic mass is 15.2. The summed E-state index contributed by atoms with van der Waals surface area (Å²) in [5.41, 5.74) is 1.12. The van der Waals surface area contributed by atoms with Gasteiger partial charge < -0.3 is 10.2 Å². The van der Waals surface area contributed by atoms with Crippen LogP contribution in [-0.4, -0.2) is 60.0 Å². The zero-order chi connectivity index (χ0) is 15.2. The summed E-state index contributed by atoms with van der Waals surface area (Å²) in [6.07, 6.45) is 3.26. The van der Waals surface area contributed by atoms with Gasteiger partial charge in [-0.15, -0.1) is 0 Å². The van der Waals surface area contributed by atoms with Crippen molar-refractivity contribution in [3.63, 3.8) is 0 Å². The fourth-order valence-electron chi connectivity index (χ4n) is 2.74. The van der Waals surface area contributed by atoms with E-state index in [0.717, 1.165) is 56.4 Å². The average Bonchev–Trinajstić information content (AvgIpc) is 2.66. The van der Waals surface area contributed by atoms with Gasteiger partial charge in [0.25, 0.3) is 0 Å². The third-order valence-electron chi connectivity index (χ3n) is 4.08. The highest BCUT2D eigenvalue weighted by Crippen LogP contribution is 2.22. The van der Waals surface area contributed by atoms with E-state index < -0.39 is 0 Å². The maximum Gasteiger partial charge on any atom is 0.149 e. The van der Waals surface area contributed by atoms with E-state index in [2.05, 4.69) is 49.1 Å². The molecule has 1 unspecified atom stereocenters. The Hall–Kier alpha value is -1.20. The van der Waals surface area contributed by atoms with E-state index in [-0.39, 0.29) is 6.04 Å². The molecule has 5 nitrogen and oxygen atoms in total. The molecule has 1 aliphatic rings. The van der Waals surface area contributed by atoms with Gasteiger partial charge in [0.05, 0.1) is 6.04 Å². The SMILES string of the molecule is CCCNc1cc(CC)nc(C2CN(C)CCCN2C)n1. The number of rotatable bonds is 5. The van der Waals surface area contributed by atoms with Crippen LogP contribution in [0.3, 0.4) is 0 Å². The predicted octanol–water partition coefficient (Wildman–Crippen LogP) is 2.17. The molecule has 0 saturated carbocycles. The Bertz CT molecular complexity index is 448. The molecule has 0 bridgehead atoms. The van der Waals surface area contributed by atoms with Crippen molar-refractivity contribution in [2.24, 2.45) is 0 Å². The Kier molecular flexibility index (Phi) is 5.94. The summed E-state index contributed by atoms with van der Waals surface area (Å²) < 4.78 is 0. The summed E-state index contributed by atoms with van der Waals surface area (Å²) in [5.74, 6) is 1.93. The van der Waals surface area contributed by atoms with E-state index in [1.807, 2.05) is 0 Å². The summed E-state index contributed by atoms with van der Waals surface area (Å²) in [7, 11) is 4.37. The number of aromatic nitrogens is 2. The van der Waals surface area contributed by atoms with Gasteiger partial charge in [0.2, 0.25) is 0 Å². The Balaban J connectivity index is 2.26. The van der Waals surface area contributed by atoms with Crippen LogP contribution in [0.5, 0.6) is 0 Å². The van der Waals surface area contributed by atoms with Crippen molar-refractivity contribution >= 4 is 5.82 Å². The fourth-order valence-corrected chi connectivity index (χ4v) is 2.74. The molecule has 1 saturated heterocycles. The molecule has 0 spiro atoms. The van der Waals surface area contributed by atoms with Crippen LogP contribution >= 0.6 is 0 Å². The number of hydrogen-bond donors (Lipinski definition) is 1. The molecule has 1 aromatic rings. The van der Waals surface area contributed by atoms with Gasteiger partial charge in [0.1, 0.15) is 11.6 Å². The summed E-state index contributed by atoms with van der Waals surface area (Å²) in [6.45, 7) is 8.53. The molecule has 0 aromatic carbocycles. The number of hydrogen-bond acceptors (Lipinski definition) is 5. The van der Waals surface area contributed by atoms with Crippen LogP contribution in [-0.2, 0) is 6.42 Å². The molecule has 0 radical (unpaired) electrons. The summed E-state index contributed by atoms with van der Waals surface area (Å²) >= 11 is 0. The quantitative estimate of drug-likeness (QED) is 0.901. The van der Waals surface area contributed by atoms with Crippen LogP contribution < -0.4 is 5.32 Å². The monoisotopic (exact) mass is 291 g/mol. The summed E-state index contributed by atoms with van der Waals surface area (Å²) in [4.78, 5) is 14.3. The van der Waals surface area contributed by atoms with Gasteiger partial charge in [-0.2, -0.15) is 0 Å². The van der Waals surface area contributed by atoms with Crippen LogP contribution in [0, 0.1) is 0 Å². The molecule has 0 amide bonds. The molecule has 2 heterocycles. The number of nitrogens with one attached hydrogen (secondary N) is 1. The lowest BCUT2D eigenvalue weighted by atomic mass is 10.2. The first-order valence-corrected chi connectivity index (χ1v) is 8.14. The molecule has 1 aliphatic heterocycles. The number of anilines is 1. The Labute approximate surface area is 128 Å². The van der Waals surface area contributed by atoms with Gasteiger partial charge in [-0.3, -0.25) is 4.90 Å². The molecule has 5 heteroatoms. The van der Waals surface area contributed by atoms with E-state index in [0.29, 0.717) is 0 Å². The first-order chi connectivity index (χ1) is 10.1.